The topological polar surface area (TPSA) is 37.4 Å². The normalized spacial score (nSPS) is 14.1. The van der Waals surface area contributed by atoms with E-state index in [0.717, 1.165) is 47.2 Å². The number of oxazole rings is 1. The van der Waals surface area contributed by atoms with E-state index in [0.29, 0.717) is 6.01 Å². The van der Waals surface area contributed by atoms with Crippen LogP contribution in [0.2, 0.25) is 0 Å². The average molecular weight is 364 g/mol. The molecule has 0 N–H and O–H groups in total. The molecule has 3 heterocycles. The van der Waals surface area contributed by atoms with Crippen LogP contribution in [0.5, 0.6) is 0 Å². The van der Waals surface area contributed by atoms with Crippen molar-refractivity contribution in [2.75, 3.05) is 30.4 Å². The Kier molecular flexibility index (Phi) is 3.44. The molecule has 0 bridgehead atoms. The van der Waals surface area contributed by atoms with Crippen molar-refractivity contribution in [3.05, 3.63) is 53.5 Å². The Hall–Kier alpha value is -3.02. The van der Waals surface area contributed by atoms with Gasteiger partial charge in [-0.15, -0.1) is 0 Å². The van der Waals surface area contributed by atoms with Gasteiger partial charge in [0.15, 0.2) is 5.58 Å². The van der Waals surface area contributed by atoms with Gasteiger partial charge in [0.05, 0.1) is 6.54 Å². The summed E-state index contributed by atoms with van der Waals surface area (Å²) < 4.78 is 21.7. The van der Waals surface area contributed by atoms with Crippen molar-refractivity contribution in [2.24, 2.45) is 7.05 Å². The van der Waals surface area contributed by atoms with Crippen molar-refractivity contribution >= 4 is 33.7 Å². The lowest BCUT2D eigenvalue weighted by atomic mass is 10.0. The smallest absolute Gasteiger partial charge is 0.297 e. The van der Waals surface area contributed by atoms with E-state index in [1.54, 1.807) is 6.07 Å². The molecule has 4 aromatic rings. The third-order valence-corrected chi connectivity index (χ3v) is 5.48. The van der Waals surface area contributed by atoms with E-state index in [2.05, 4.69) is 33.6 Å². The van der Waals surface area contributed by atoms with Crippen molar-refractivity contribution < 1.29 is 8.81 Å². The molecule has 0 saturated carbocycles. The molecule has 0 radical (unpaired) electrons. The SMILES string of the molecule is CN(C)c1nc2cc(N3CCc4c(n(C)c5ccc(F)cc45)C3)ccc2o1. The lowest BCUT2D eigenvalue weighted by molar-refractivity contribution is 0.596. The molecule has 2 aromatic heterocycles. The molecule has 1 aliphatic rings. The molecule has 0 fully saturated rings. The fraction of sp³-hybridized carbons (Fsp3) is 0.286. The van der Waals surface area contributed by atoms with Crippen LogP contribution in [0.4, 0.5) is 16.1 Å². The van der Waals surface area contributed by atoms with Gasteiger partial charge in [0.25, 0.3) is 6.01 Å². The number of halogens is 1. The zero-order chi connectivity index (χ0) is 18.7. The molecule has 2 aromatic carbocycles. The Bertz CT molecular complexity index is 1170. The number of rotatable bonds is 2. The molecule has 0 atom stereocenters. The Morgan fingerprint density at radius 3 is 2.81 bits per heavy atom. The molecule has 0 saturated heterocycles. The number of benzene rings is 2. The van der Waals surface area contributed by atoms with Crippen LogP contribution < -0.4 is 9.80 Å². The van der Waals surface area contributed by atoms with E-state index in [4.69, 9.17) is 4.42 Å². The van der Waals surface area contributed by atoms with E-state index >= 15 is 0 Å². The Balaban J connectivity index is 1.53. The lowest BCUT2D eigenvalue weighted by Gasteiger charge is -2.30. The van der Waals surface area contributed by atoms with Crippen LogP contribution in [0.1, 0.15) is 11.3 Å². The first-order chi connectivity index (χ1) is 13.0. The van der Waals surface area contributed by atoms with Crippen molar-refractivity contribution in [2.45, 2.75) is 13.0 Å². The number of hydrogen-bond acceptors (Lipinski definition) is 4. The van der Waals surface area contributed by atoms with Crippen LogP contribution in [-0.2, 0) is 20.0 Å². The maximum Gasteiger partial charge on any atom is 0.297 e. The van der Waals surface area contributed by atoms with Gasteiger partial charge in [-0.1, -0.05) is 0 Å². The Morgan fingerprint density at radius 1 is 1.15 bits per heavy atom. The molecular formula is C21H21FN4O. The molecule has 138 valence electrons. The number of hydrogen-bond donors (Lipinski definition) is 0. The van der Waals surface area contributed by atoms with Crippen LogP contribution in [0.25, 0.3) is 22.0 Å². The second-order valence-corrected chi connectivity index (χ2v) is 7.36. The van der Waals surface area contributed by atoms with Crippen molar-refractivity contribution in [1.29, 1.82) is 0 Å². The highest BCUT2D eigenvalue weighted by molar-refractivity contribution is 5.86. The Labute approximate surface area is 156 Å². The van der Waals surface area contributed by atoms with Gasteiger partial charge in [-0.05, 0) is 48.4 Å². The molecular weight excluding hydrogens is 343 g/mol. The van der Waals surface area contributed by atoms with E-state index < -0.39 is 0 Å². The monoisotopic (exact) mass is 364 g/mol. The van der Waals surface area contributed by atoms with Crippen molar-refractivity contribution in [3.63, 3.8) is 0 Å². The lowest BCUT2D eigenvalue weighted by Crippen LogP contribution is -2.31. The summed E-state index contributed by atoms with van der Waals surface area (Å²) in [6, 6.07) is 11.8. The first-order valence-corrected chi connectivity index (χ1v) is 9.10. The predicted octanol–water partition coefficient (Wildman–Crippen LogP) is 4.09. The van der Waals surface area contributed by atoms with E-state index in [9.17, 15) is 4.39 Å². The number of anilines is 2. The van der Waals surface area contributed by atoms with Crippen LogP contribution >= 0.6 is 0 Å². The highest BCUT2D eigenvalue weighted by Crippen LogP contribution is 2.33. The minimum atomic E-state index is -0.175. The molecule has 5 nitrogen and oxygen atoms in total. The number of aromatic nitrogens is 2. The van der Waals surface area contributed by atoms with Gasteiger partial charge in [-0.3, -0.25) is 0 Å². The maximum atomic E-state index is 13.7. The quantitative estimate of drug-likeness (QED) is 0.537. The van der Waals surface area contributed by atoms with Gasteiger partial charge in [0.1, 0.15) is 11.3 Å². The number of fused-ring (bicyclic) bond motifs is 4. The molecule has 0 unspecified atom stereocenters. The summed E-state index contributed by atoms with van der Waals surface area (Å²) in [6.45, 7) is 1.69. The van der Waals surface area contributed by atoms with E-state index in [1.807, 2.05) is 31.1 Å². The minimum absolute atomic E-state index is 0.175. The summed E-state index contributed by atoms with van der Waals surface area (Å²) in [5.74, 6) is -0.175. The largest absolute Gasteiger partial charge is 0.423 e. The van der Waals surface area contributed by atoms with Crippen LogP contribution in [0, 0.1) is 5.82 Å². The summed E-state index contributed by atoms with van der Waals surface area (Å²) in [7, 11) is 5.90. The summed E-state index contributed by atoms with van der Waals surface area (Å²) in [5, 5.41) is 1.04. The van der Waals surface area contributed by atoms with Gasteiger partial charge < -0.3 is 18.8 Å². The van der Waals surface area contributed by atoms with E-state index in [1.165, 1.54) is 17.3 Å². The van der Waals surface area contributed by atoms with Crippen molar-refractivity contribution in [1.82, 2.24) is 9.55 Å². The molecule has 0 aliphatic carbocycles. The molecule has 27 heavy (non-hydrogen) atoms. The molecule has 0 amide bonds. The van der Waals surface area contributed by atoms with Gasteiger partial charge in [0, 0.05) is 50.0 Å². The second kappa shape index (κ2) is 5.74. The first kappa shape index (κ1) is 16.2. The summed E-state index contributed by atoms with van der Waals surface area (Å²) in [4.78, 5) is 8.77. The fourth-order valence-electron chi connectivity index (χ4n) is 4.04. The van der Waals surface area contributed by atoms with Gasteiger partial charge in [-0.2, -0.15) is 4.98 Å². The average Bonchev–Trinajstić information content (AvgIpc) is 3.21. The van der Waals surface area contributed by atoms with E-state index in [-0.39, 0.29) is 5.82 Å². The third-order valence-electron chi connectivity index (χ3n) is 5.48. The zero-order valence-corrected chi connectivity index (χ0v) is 15.7. The summed E-state index contributed by atoms with van der Waals surface area (Å²) >= 11 is 0. The van der Waals surface area contributed by atoms with Gasteiger partial charge in [-0.25, -0.2) is 4.39 Å². The third kappa shape index (κ3) is 2.47. The second-order valence-electron chi connectivity index (χ2n) is 7.36. The number of aryl methyl sites for hydroxylation is 1. The fourth-order valence-corrected chi connectivity index (χ4v) is 4.04. The highest BCUT2D eigenvalue weighted by atomic mass is 19.1. The van der Waals surface area contributed by atoms with Crippen LogP contribution in [0.3, 0.4) is 0 Å². The zero-order valence-electron chi connectivity index (χ0n) is 15.7. The molecule has 0 spiro atoms. The predicted molar refractivity (Wildman–Crippen MR) is 106 cm³/mol. The molecule has 1 aliphatic heterocycles. The number of nitrogens with zero attached hydrogens (tertiary/aromatic N) is 4. The first-order valence-electron chi connectivity index (χ1n) is 9.10. The van der Waals surface area contributed by atoms with Gasteiger partial charge >= 0.3 is 0 Å². The minimum Gasteiger partial charge on any atom is -0.423 e. The van der Waals surface area contributed by atoms with Crippen LogP contribution in [-0.4, -0.2) is 30.2 Å². The Morgan fingerprint density at radius 2 is 2.00 bits per heavy atom. The van der Waals surface area contributed by atoms with Gasteiger partial charge in [0.2, 0.25) is 0 Å². The molecule has 5 rings (SSSR count). The van der Waals surface area contributed by atoms with Crippen LogP contribution in [0.15, 0.2) is 40.8 Å². The molecule has 6 heteroatoms. The maximum absolute atomic E-state index is 13.7. The summed E-state index contributed by atoms with van der Waals surface area (Å²) in [6.07, 6.45) is 0.899. The standard InChI is InChI=1S/C21H21FN4O/c1-24(2)21-23-17-11-14(5-7-20(17)27-21)26-9-8-15-16-10-13(22)4-6-18(16)25(3)19(15)12-26/h4-7,10-11H,8-9,12H2,1-3H3. The highest BCUT2D eigenvalue weighted by Gasteiger charge is 2.24. The van der Waals surface area contributed by atoms with Crippen molar-refractivity contribution in [3.8, 4) is 0 Å². The summed E-state index contributed by atoms with van der Waals surface area (Å²) in [5.41, 5.74) is 6.38.